The third kappa shape index (κ3) is 2.10. The van der Waals surface area contributed by atoms with Gasteiger partial charge in [-0.15, -0.1) is 0 Å². The Morgan fingerprint density at radius 1 is 1.43 bits per heavy atom. The van der Waals surface area contributed by atoms with E-state index in [-0.39, 0.29) is 0 Å². The molecule has 1 rings (SSSR count). The van der Waals surface area contributed by atoms with Crippen molar-refractivity contribution < 1.29 is 8.42 Å². The number of nitriles is 1. The topological polar surface area (TPSA) is 83.9 Å². The smallest absolute Gasteiger partial charge is 0.215 e. The summed E-state index contributed by atoms with van der Waals surface area (Å²) in [5.41, 5.74) is 0.784. The van der Waals surface area contributed by atoms with Gasteiger partial charge in [0.2, 0.25) is 10.0 Å². The van der Waals surface area contributed by atoms with Gasteiger partial charge in [0, 0.05) is 0 Å². The number of primary sulfonamides is 1. The fourth-order valence-corrected chi connectivity index (χ4v) is 1.69. The Morgan fingerprint density at radius 2 is 2.00 bits per heavy atom. The summed E-state index contributed by atoms with van der Waals surface area (Å²) in [5, 5.41) is 12.9. The van der Waals surface area contributed by atoms with E-state index >= 15 is 0 Å². The number of sulfonamides is 1. The molecule has 0 heterocycles. The van der Waals surface area contributed by atoms with Gasteiger partial charge < -0.3 is 0 Å². The minimum absolute atomic E-state index is 0.342. The van der Waals surface area contributed by atoms with Gasteiger partial charge in [0.25, 0.3) is 0 Å². The van der Waals surface area contributed by atoms with Gasteiger partial charge in [-0.05, 0) is 18.6 Å². The quantitative estimate of drug-likeness (QED) is 0.787. The molecule has 0 aliphatic rings. The number of nitrogens with two attached hydrogens (primary N) is 1. The Morgan fingerprint density at radius 3 is 2.50 bits per heavy atom. The Labute approximate surface area is 83.0 Å². The molecule has 0 amide bonds. The third-order valence-corrected chi connectivity index (χ3v) is 3.25. The molecule has 1 aromatic carbocycles. The van der Waals surface area contributed by atoms with Gasteiger partial charge in [-0.3, -0.25) is 0 Å². The predicted molar refractivity (Wildman–Crippen MR) is 52.7 cm³/mol. The second kappa shape index (κ2) is 3.78. The van der Waals surface area contributed by atoms with Crippen molar-refractivity contribution in [1.29, 1.82) is 5.26 Å². The average Bonchev–Trinajstić information content (AvgIpc) is 2.15. The molecule has 0 aromatic heterocycles. The van der Waals surface area contributed by atoms with Crippen molar-refractivity contribution in [1.82, 2.24) is 0 Å². The monoisotopic (exact) mass is 210 g/mol. The maximum atomic E-state index is 11.1. The minimum Gasteiger partial charge on any atom is -0.228 e. The lowest BCUT2D eigenvalue weighted by Crippen LogP contribution is -2.19. The molecule has 4 nitrogen and oxygen atoms in total. The first-order valence-electron chi connectivity index (χ1n) is 3.97. The van der Waals surface area contributed by atoms with Crippen LogP contribution in [0.4, 0.5) is 0 Å². The van der Waals surface area contributed by atoms with Crippen molar-refractivity contribution in [3.8, 4) is 6.07 Å². The fraction of sp³-hybridized carbons (Fsp3) is 0.222. The molecular formula is C9H10N2O2S. The van der Waals surface area contributed by atoms with E-state index in [1.807, 2.05) is 6.07 Å². The molecule has 0 saturated heterocycles. The summed E-state index contributed by atoms with van der Waals surface area (Å²) in [7, 11) is -3.64. The molecule has 1 unspecified atom stereocenters. The molecule has 0 aliphatic heterocycles. The van der Waals surface area contributed by atoms with Crippen LogP contribution in [0, 0.1) is 11.3 Å². The van der Waals surface area contributed by atoms with Crippen LogP contribution in [0.15, 0.2) is 24.3 Å². The van der Waals surface area contributed by atoms with Crippen LogP contribution < -0.4 is 5.14 Å². The third-order valence-electron chi connectivity index (χ3n) is 2.01. The molecule has 1 aromatic rings. The summed E-state index contributed by atoms with van der Waals surface area (Å²) in [6.45, 7) is 1.46. The number of benzene rings is 1. The fourth-order valence-electron chi connectivity index (χ4n) is 1.13. The zero-order valence-corrected chi connectivity index (χ0v) is 8.45. The summed E-state index contributed by atoms with van der Waals surface area (Å²) < 4.78 is 22.1. The molecule has 0 saturated carbocycles. The number of rotatable bonds is 2. The van der Waals surface area contributed by atoms with Gasteiger partial charge in [0.1, 0.15) is 0 Å². The van der Waals surface area contributed by atoms with E-state index in [4.69, 9.17) is 10.4 Å². The molecule has 74 valence electrons. The maximum absolute atomic E-state index is 11.1. The predicted octanol–water partition coefficient (Wildman–Crippen LogP) is 0.908. The number of nitrogens with zero attached hydrogens (tertiary/aromatic N) is 1. The van der Waals surface area contributed by atoms with Crippen LogP contribution in [0.25, 0.3) is 0 Å². The molecule has 2 N–H and O–H groups in total. The van der Waals surface area contributed by atoms with Gasteiger partial charge >= 0.3 is 0 Å². The molecule has 0 spiro atoms. The summed E-state index contributed by atoms with van der Waals surface area (Å²) >= 11 is 0. The Bertz CT molecular complexity index is 474. The Balaban J connectivity index is 3.28. The van der Waals surface area contributed by atoms with Crippen molar-refractivity contribution in [2.24, 2.45) is 5.14 Å². The first-order valence-corrected chi connectivity index (χ1v) is 5.58. The van der Waals surface area contributed by atoms with Crippen molar-refractivity contribution in [2.75, 3.05) is 0 Å². The molecule has 14 heavy (non-hydrogen) atoms. The standard InChI is InChI=1S/C9H10N2O2S/c1-7(14(11,12)13)9-5-3-2-4-8(9)6-10/h2-5,7H,1H3,(H2,11,12,13). The molecule has 5 heteroatoms. The van der Waals surface area contributed by atoms with E-state index < -0.39 is 15.3 Å². The summed E-state index contributed by atoms with van der Waals surface area (Å²) in [4.78, 5) is 0. The molecule has 0 bridgehead atoms. The molecule has 1 atom stereocenters. The first kappa shape index (κ1) is 10.7. The molecule has 0 aliphatic carbocycles. The van der Waals surface area contributed by atoms with Gasteiger partial charge in [-0.2, -0.15) is 5.26 Å². The van der Waals surface area contributed by atoms with Crippen LogP contribution in [-0.2, 0) is 10.0 Å². The van der Waals surface area contributed by atoms with E-state index in [9.17, 15) is 8.42 Å². The van der Waals surface area contributed by atoms with Gasteiger partial charge in [-0.1, -0.05) is 18.2 Å². The van der Waals surface area contributed by atoms with Crippen molar-refractivity contribution in [3.63, 3.8) is 0 Å². The van der Waals surface area contributed by atoms with E-state index in [1.54, 1.807) is 24.3 Å². The minimum atomic E-state index is -3.64. The normalized spacial score (nSPS) is 13.2. The lowest BCUT2D eigenvalue weighted by molar-refractivity contribution is 0.588. The molecular weight excluding hydrogens is 200 g/mol. The highest BCUT2D eigenvalue weighted by atomic mass is 32.2. The van der Waals surface area contributed by atoms with E-state index in [0.717, 1.165) is 0 Å². The Hall–Kier alpha value is -1.38. The lowest BCUT2D eigenvalue weighted by Gasteiger charge is -2.10. The van der Waals surface area contributed by atoms with E-state index in [0.29, 0.717) is 11.1 Å². The van der Waals surface area contributed by atoms with Crippen LogP contribution in [0.2, 0.25) is 0 Å². The van der Waals surface area contributed by atoms with Gasteiger partial charge in [0.15, 0.2) is 0 Å². The van der Waals surface area contributed by atoms with Crippen LogP contribution in [0.1, 0.15) is 23.3 Å². The maximum Gasteiger partial charge on any atom is 0.215 e. The number of hydrogen-bond acceptors (Lipinski definition) is 3. The van der Waals surface area contributed by atoms with Crippen LogP contribution >= 0.6 is 0 Å². The van der Waals surface area contributed by atoms with Gasteiger partial charge in [-0.25, -0.2) is 13.6 Å². The molecule has 0 radical (unpaired) electrons. The summed E-state index contributed by atoms with van der Waals surface area (Å²) in [6.07, 6.45) is 0. The van der Waals surface area contributed by atoms with Crippen molar-refractivity contribution >= 4 is 10.0 Å². The largest absolute Gasteiger partial charge is 0.228 e. The number of hydrogen-bond donors (Lipinski definition) is 1. The highest BCUT2D eigenvalue weighted by molar-refractivity contribution is 7.89. The second-order valence-electron chi connectivity index (χ2n) is 2.93. The zero-order valence-electron chi connectivity index (χ0n) is 7.64. The average molecular weight is 210 g/mol. The van der Waals surface area contributed by atoms with Crippen LogP contribution in [0.3, 0.4) is 0 Å². The highest BCUT2D eigenvalue weighted by Gasteiger charge is 2.20. The summed E-state index contributed by atoms with van der Waals surface area (Å²) in [6, 6.07) is 8.44. The molecule has 0 fully saturated rings. The van der Waals surface area contributed by atoms with Crippen LogP contribution in [0.5, 0.6) is 0 Å². The second-order valence-corrected chi connectivity index (χ2v) is 4.82. The first-order chi connectivity index (χ1) is 6.46. The zero-order chi connectivity index (χ0) is 10.8. The van der Waals surface area contributed by atoms with Crippen LogP contribution in [-0.4, -0.2) is 8.42 Å². The highest BCUT2D eigenvalue weighted by Crippen LogP contribution is 2.22. The van der Waals surface area contributed by atoms with Gasteiger partial charge in [0.05, 0.1) is 16.9 Å². The Kier molecular flexibility index (Phi) is 2.89. The van der Waals surface area contributed by atoms with Crippen molar-refractivity contribution in [2.45, 2.75) is 12.2 Å². The lowest BCUT2D eigenvalue weighted by atomic mass is 10.1. The SMILES string of the molecule is CC(c1ccccc1C#N)S(N)(=O)=O. The summed E-state index contributed by atoms with van der Waals surface area (Å²) in [5.74, 6) is 0. The van der Waals surface area contributed by atoms with E-state index in [1.165, 1.54) is 6.92 Å². The van der Waals surface area contributed by atoms with Crippen molar-refractivity contribution in [3.05, 3.63) is 35.4 Å². The van der Waals surface area contributed by atoms with E-state index in [2.05, 4.69) is 0 Å².